The van der Waals surface area contributed by atoms with E-state index in [0.29, 0.717) is 15.0 Å². The first-order valence-corrected chi connectivity index (χ1v) is 11.6. The average Bonchev–Trinajstić information content (AvgIpc) is 2.76. The van der Waals surface area contributed by atoms with Crippen molar-refractivity contribution in [2.24, 2.45) is 14.1 Å². The molecule has 0 amide bonds. The highest BCUT2D eigenvalue weighted by Crippen LogP contribution is 2.42. The van der Waals surface area contributed by atoms with E-state index >= 15 is 0 Å². The Bertz CT molecular complexity index is 1440. The Balaban J connectivity index is 2.18. The normalized spacial score (nSPS) is 11.2. The average molecular weight is 472 g/mol. The summed E-state index contributed by atoms with van der Waals surface area (Å²) in [5, 5.41) is 10.7. The van der Waals surface area contributed by atoms with Crippen molar-refractivity contribution in [3.8, 4) is 5.75 Å². The molecule has 3 aromatic rings. The van der Waals surface area contributed by atoms with Gasteiger partial charge in [0.15, 0.2) is 4.90 Å². The van der Waals surface area contributed by atoms with Crippen molar-refractivity contribution in [2.45, 2.75) is 14.7 Å². The van der Waals surface area contributed by atoms with Crippen molar-refractivity contribution in [1.82, 2.24) is 9.13 Å². The summed E-state index contributed by atoms with van der Waals surface area (Å²) in [7, 11) is -1.84. The van der Waals surface area contributed by atoms with Crippen LogP contribution in [0.2, 0.25) is 0 Å². The van der Waals surface area contributed by atoms with Gasteiger partial charge < -0.3 is 9.67 Å². The van der Waals surface area contributed by atoms with E-state index in [2.05, 4.69) is 17.9 Å². The number of nitrogens with one attached hydrogen (secondary N) is 1. The summed E-state index contributed by atoms with van der Waals surface area (Å²) in [6.07, 6.45) is 3.74. The Morgan fingerprint density at radius 1 is 1.06 bits per heavy atom. The molecule has 2 aromatic carbocycles. The lowest BCUT2D eigenvalue weighted by Crippen LogP contribution is -2.40. The lowest BCUT2D eigenvalue weighted by molar-refractivity contribution is 0.461. The van der Waals surface area contributed by atoms with Crippen LogP contribution in [0.25, 0.3) is 12.2 Å². The fourth-order valence-corrected chi connectivity index (χ4v) is 5.21. The van der Waals surface area contributed by atoms with E-state index in [1.54, 1.807) is 0 Å². The number of hydrogen-bond acceptors (Lipinski definition) is 6. The summed E-state index contributed by atoms with van der Waals surface area (Å²) in [6, 6.07) is 10.7. The van der Waals surface area contributed by atoms with Gasteiger partial charge in [0.25, 0.3) is 15.6 Å². The van der Waals surface area contributed by atoms with Crippen LogP contribution in [0.3, 0.4) is 0 Å². The third kappa shape index (κ3) is 4.27. The van der Waals surface area contributed by atoms with Crippen LogP contribution in [-0.4, -0.2) is 22.7 Å². The SMILES string of the molecule is C=Cc1c(NS(=O)(=O)c2cn(C)c(=O)n(C)c2=O)cc(Sc2ccccc2)c(O)c1C=C. The smallest absolute Gasteiger partial charge is 0.330 e. The maximum absolute atomic E-state index is 13.1. The molecule has 0 aliphatic rings. The third-order valence-corrected chi connectivity index (χ3v) is 7.06. The van der Waals surface area contributed by atoms with Crippen molar-refractivity contribution >= 4 is 39.6 Å². The molecule has 0 saturated carbocycles. The maximum Gasteiger partial charge on any atom is 0.330 e. The van der Waals surface area contributed by atoms with Crippen LogP contribution in [0, 0.1) is 0 Å². The molecule has 0 fully saturated rings. The van der Waals surface area contributed by atoms with Crippen molar-refractivity contribution in [1.29, 1.82) is 0 Å². The first-order valence-electron chi connectivity index (χ1n) is 9.28. The number of rotatable bonds is 7. The summed E-state index contributed by atoms with van der Waals surface area (Å²) < 4.78 is 30.3. The number of benzene rings is 2. The number of sulfonamides is 1. The molecule has 10 heteroatoms. The van der Waals surface area contributed by atoms with Gasteiger partial charge in [-0.3, -0.25) is 14.1 Å². The fraction of sp³-hybridized carbons (Fsp3) is 0.0909. The second-order valence-electron chi connectivity index (χ2n) is 6.78. The molecule has 0 unspecified atom stereocenters. The first-order chi connectivity index (χ1) is 15.1. The standard InChI is InChI=1S/C22H21N3O5S2/c1-5-15-16(6-2)20(26)18(31-14-10-8-7-9-11-14)12-17(15)23-32(29,30)19-13-24(3)22(28)25(4)21(19)27/h5-13,23,26H,1-2H2,3-4H3. The van der Waals surface area contributed by atoms with Crippen LogP contribution in [0.15, 0.2) is 80.0 Å². The topological polar surface area (TPSA) is 110 Å². The third-order valence-electron chi connectivity index (χ3n) is 4.67. The highest BCUT2D eigenvalue weighted by Gasteiger charge is 2.24. The summed E-state index contributed by atoms with van der Waals surface area (Å²) in [4.78, 5) is 25.0. The molecule has 1 aromatic heterocycles. The van der Waals surface area contributed by atoms with E-state index in [1.165, 1.54) is 44.1 Å². The van der Waals surface area contributed by atoms with E-state index in [9.17, 15) is 23.1 Å². The molecule has 1 heterocycles. The number of anilines is 1. The van der Waals surface area contributed by atoms with Gasteiger partial charge in [0.1, 0.15) is 5.75 Å². The van der Waals surface area contributed by atoms with E-state index in [-0.39, 0.29) is 17.0 Å². The second-order valence-corrected chi connectivity index (χ2v) is 9.54. The molecule has 0 radical (unpaired) electrons. The number of aryl methyl sites for hydroxylation is 1. The van der Waals surface area contributed by atoms with Crippen molar-refractivity contribution < 1.29 is 13.5 Å². The lowest BCUT2D eigenvalue weighted by atomic mass is 10.0. The maximum atomic E-state index is 13.1. The summed E-state index contributed by atoms with van der Waals surface area (Å²) >= 11 is 1.23. The highest BCUT2D eigenvalue weighted by molar-refractivity contribution is 7.99. The van der Waals surface area contributed by atoms with Gasteiger partial charge in [0.2, 0.25) is 0 Å². The van der Waals surface area contributed by atoms with Gasteiger partial charge >= 0.3 is 5.69 Å². The second kappa shape index (κ2) is 8.93. The molecule has 0 aliphatic heterocycles. The Morgan fingerprint density at radius 3 is 2.28 bits per heavy atom. The Labute approximate surface area is 189 Å². The molecule has 32 heavy (non-hydrogen) atoms. The number of phenolic OH excluding ortho intramolecular Hbond substituents is 1. The van der Waals surface area contributed by atoms with E-state index in [0.717, 1.165) is 15.7 Å². The molecule has 2 N–H and O–H groups in total. The fourth-order valence-electron chi connectivity index (χ4n) is 3.05. The summed E-state index contributed by atoms with van der Waals surface area (Å²) in [5.41, 5.74) is -0.933. The van der Waals surface area contributed by atoms with Crippen molar-refractivity contribution in [3.05, 3.63) is 87.7 Å². The van der Waals surface area contributed by atoms with Gasteiger partial charge in [-0.15, -0.1) is 0 Å². The summed E-state index contributed by atoms with van der Waals surface area (Å²) in [5.74, 6) is -0.0790. The Morgan fingerprint density at radius 2 is 1.69 bits per heavy atom. The minimum Gasteiger partial charge on any atom is -0.506 e. The number of hydrogen-bond donors (Lipinski definition) is 2. The van der Waals surface area contributed by atoms with Gasteiger partial charge in [0.05, 0.1) is 10.6 Å². The molecular formula is C22H21N3O5S2. The van der Waals surface area contributed by atoms with Crippen molar-refractivity contribution in [3.63, 3.8) is 0 Å². The Kier molecular flexibility index (Phi) is 6.47. The minimum atomic E-state index is -4.38. The number of phenols is 1. The molecule has 3 rings (SSSR count). The zero-order valence-corrected chi connectivity index (χ0v) is 19.0. The molecule has 8 nitrogen and oxygen atoms in total. The molecule has 0 aliphatic carbocycles. The monoisotopic (exact) mass is 471 g/mol. The van der Waals surface area contributed by atoms with Gasteiger partial charge in [0, 0.05) is 36.3 Å². The number of aromatic hydroxyl groups is 1. The summed E-state index contributed by atoms with van der Waals surface area (Å²) in [6.45, 7) is 7.41. The largest absolute Gasteiger partial charge is 0.506 e. The predicted octanol–water partition coefficient (Wildman–Crippen LogP) is 3.03. The molecule has 166 valence electrons. The van der Waals surface area contributed by atoms with E-state index in [4.69, 9.17) is 0 Å². The van der Waals surface area contributed by atoms with Crippen LogP contribution in [0.1, 0.15) is 11.1 Å². The Hall–Kier alpha value is -3.50. The molecule has 0 spiro atoms. The van der Waals surface area contributed by atoms with E-state index < -0.39 is 26.2 Å². The zero-order chi connectivity index (χ0) is 23.6. The predicted molar refractivity (Wildman–Crippen MR) is 127 cm³/mol. The minimum absolute atomic E-state index is 0.0790. The van der Waals surface area contributed by atoms with Gasteiger partial charge in [-0.25, -0.2) is 13.2 Å². The van der Waals surface area contributed by atoms with Gasteiger partial charge in [-0.2, -0.15) is 0 Å². The van der Waals surface area contributed by atoms with Crippen LogP contribution in [0.4, 0.5) is 5.69 Å². The first kappa shape index (κ1) is 23.2. The van der Waals surface area contributed by atoms with Crippen LogP contribution in [-0.2, 0) is 24.1 Å². The van der Waals surface area contributed by atoms with Crippen molar-refractivity contribution in [2.75, 3.05) is 4.72 Å². The molecular weight excluding hydrogens is 450 g/mol. The number of nitrogens with zero attached hydrogens (tertiary/aromatic N) is 2. The zero-order valence-electron chi connectivity index (χ0n) is 17.4. The van der Waals surface area contributed by atoms with Crippen LogP contribution in [0.5, 0.6) is 5.75 Å². The van der Waals surface area contributed by atoms with Crippen LogP contribution < -0.4 is 16.0 Å². The van der Waals surface area contributed by atoms with Crippen LogP contribution >= 0.6 is 11.8 Å². The highest BCUT2D eigenvalue weighted by atomic mass is 32.2. The lowest BCUT2D eigenvalue weighted by Gasteiger charge is -2.17. The quantitative estimate of drug-likeness (QED) is 0.513. The molecule has 0 bridgehead atoms. The van der Waals surface area contributed by atoms with E-state index in [1.807, 2.05) is 30.3 Å². The molecule has 0 atom stereocenters. The number of aromatic nitrogens is 2. The van der Waals surface area contributed by atoms with Gasteiger partial charge in [-0.05, 0) is 18.2 Å². The van der Waals surface area contributed by atoms with Gasteiger partial charge in [-0.1, -0.05) is 55.3 Å². The molecule has 0 saturated heterocycles.